The quantitative estimate of drug-likeness (QED) is 0.591. The van der Waals surface area contributed by atoms with Gasteiger partial charge in [-0.25, -0.2) is 4.98 Å². The molecule has 0 N–H and O–H groups in total. The summed E-state index contributed by atoms with van der Waals surface area (Å²) in [5, 5.41) is 1.35. The molecule has 1 aromatic heterocycles. The van der Waals surface area contributed by atoms with Gasteiger partial charge in [-0.05, 0) is 12.1 Å². The molecule has 1 heterocycles. The highest BCUT2D eigenvalue weighted by Gasteiger charge is 2.04. The van der Waals surface area contributed by atoms with Crippen molar-refractivity contribution in [2.45, 2.75) is 6.61 Å². The third-order valence-electron chi connectivity index (χ3n) is 2.08. The molecule has 0 atom stereocenters. The molecule has 0 spiro atoms. The normalized spacial score (nSPS) is 10.2. The van der Waals surface area contributed by atoms with Crippen LogP contribution < -0.4 is 0 Å². The van der Waals surface area contributed by atoms with E-state index in [2.05, 4.69) is 4.98 Å². The maximum Gasteiger partial charge on any atom is 0.293 e. The molecule has 0 bridgehead atoms. The van der Waals surface area contributed by atoms with Crippen molar-refractivity contribution in [3.05, 3.63) is 41.0 Å². The Labute approximate surface area is 91.6 Å². The summed E-state index contributed by atoms with van der Waals surface area (Å²) in [4.78, 5) is 14.3. The average Bonchev–Trinajstić information content (AvgIpc) is 2.25. The minimum absolute atomic E-state index is 0.215. The number of aromatic nitrogens is 1. The van der Waals surface area contributed by atoms with E-state index in [1.165, 1.54) is 0 Å². The number of rotatable bonds is 3. The lowest BCUT2D eigenvalue weighted by Gasteiger charge is -2.05. The standard InChI is InChI=1S/C11H8ClNO2/c12-11-5-8(6-15-7-14)9-3-1-2-4-10(9)13-11/h1-5,7H,6H2. The molecule has 0 aliphatic rings. The number of hydrogen-bond donors (Lipinski definition) is 0. The van der Waals surface area contributed by atoms with E-state index in [0.717, 1.165) is 16.5 Å². The third kappa shape index (κ3) is 2.07. The van der Waals surface area contributed by atoms with Gasteiger partial charge in [-0.15, -0.1) is 0 Å². The lowest BCUT2D eigenvalue weighted by Crippen LogP contribution is -1.93. The van der Waals surface area contributed by atoms with E-state index in [9.17, 15) is 4.79 Å². The number of para-hydroxylation sites is 1. The van der Waals surface area contributed by atoms with Crippen LogP contribution in [-0.2, 0) is 16.1 Å². The van der Waals surface area contributed by atoms with Crippen molar-refractivity contribution in [2.75, 3.05) is 0 Å². The molecular weight excluding hydrogens is 214 g/mol. The zero-order chi connectivity index (χ0) is 10.7. The van der Waals surface area contributed by atoms with Crippen LogP contribution in [0, 0.1) is 0 Å². The summed E-state index contributed by atoms with van der Waals surface area (Å²) in [5.41, 5.74) is 1.66. The lowest BCUT2D eigenvalue weighted by atomic mass is 10.1. The van der Waals surface area contributed by atoms with E-state index in [0.29, 0.717) is 11.6 Å². The third-order valence-corrected chi connectivity index (χ3v) is 2.27. The van der Waals surface area contributed by atoms with Crippen molar-refractivity contribution >= 4 is 29.0 Å². The molecule has 0 aliphatic heterocycles. The van der Waals surface area contributed by atoms with Crippen LogP contribution in [0.25, 0.3) is 10.9 Å². The van der Waals surface area contributed by atoms with Crippen molar-refractivity contribution in [1.29, 1.82) is 0 Å². The highest BCUT2D eigenvalue weighted by molar-refractivity contribution is 6.29. The van der Waals surface area contributed by atoms with Crippen molar-refractivity contribution < 1.29 is 9.53 Å². The zero-order valence-corrected chi connectivity index (χ0v) is 8.57. The Morgan fingerprint density at radius 2 is 2.20 bits per heavy atom. The number of fused-ring (bicyclic) bond motifs is 1. The van der Waals surface area contributed by atoms with Crippen LogP contribution in [0.5, 0.6) is 0 Å². The molecule has 4 heteroatoms. The van der Waals surface area contributed by atoms with Crippen LogP contribution >= 0.6 is 11.6 Å². The van der Waals surface area contributed by atoms with Gasteiger partial charge < -0.3 is 4.74 Å². The largest absolute Gasteiger partial charge is 0.463 e. The van der Waals surface area contributed by atoms with Crippen LogP contribution in [0.2, 0.25) is 5.15 Å². The van der Waals surface area contributed by atoms with Gasteiger partial charge in [0.25, 0.3) is 6.47 Å². The first kappa shape index (κ1) is 9.93. The van der Waals surface area contributed by atoms with Gasteiger partial charge in [-0.3, -0.25) is 4.79 Å². The number of ether oxygens (including phenoxy) is 1. The Hall–Kier alpha value is -1.61. The van der Waals surface area contributed by atoms with Gasteiger partial charge in [-0.2, -0.15) is 0 Å². The van der Waals surface area contributed by atoms with Crippen LogP contribution in [-0.4, -0.2) is 11.5 Å². The highest BCUT2D eigenvalue weighted by atomic mass is 35.5. The van der Waals surface area contributed by atoms with Crippen LogP contribution in [0.3, 0.4) is 0 Å². The Balaban J connectivity index is 2.55. The summed E-state index contributed by atoms with van der Waals surface area (Å²) in [6.45, 7) is 0.634. The molecule has 0 saturated carbocycles. The molecule has 15 heavy (non-hydrogen) atoms. The summed E-state index contributed by atoms with van der Waals surface area (Å²) < 4.78 is 4.72. The van der Waals surface area contributed by atoms with E-state index >= 15 is 0 Å². The number of carbonyl (C=O) groups excluding carboxylic acids is 1. The fraction of sp³-hybridized carbons (Fsp3) is 0.0909. The second-order valence-electron chi connectivity index (χ2n) is 3.03. The van der Waals surface area contributed by atoms with Gasteiger partial charge in [-0.1, -0.05) is 29.8 Å². The molecule has 0 fully saturated rings. The first-order chi connectivity index (χ1) is 7.31. The Morgan fingerprint density at radius 1 is 1.40 bits per heavy atom. The minimum atomic E-state index is 0.215. The lowest BCUT2D eigenvalue weighted by molar-refractivity contribution is -0.129. The van der Waals surface area contributed by atoms with Gasteiger partial charge in [0.15, 0.2) is 0 Å². The second-order valence-corrected chi connectivity index (χ2v) is 3.42. The molecule has 3 nitrogen and oxygen atoms in total. The topological polar surface area (TPSA) is 39.2 Å². The number of carbonyl (C=O) groups is 1. The van der Waals surface area contributed by atoms with E-state index < -0.39 is 0 Å². The summed E-state index contributed by atoms with van der Waals surface area (Å²) in [7, 11) is 0. The zero-order valence-electron chi connectivity index (χ0n) is 7.81. The van der Waals surface area contributed by atoms with Crippen molar-refractivity contribution in [3.8, 4) is 0 Å². The first-order valence-electron chi connectivity index (χ1n) is 4.40. The average molecular weight is 222 g/mol. The summed E-state index contributed by atoms with van der Waals surface area (Å²) in [6.07, 6.45) is 0. The molecule has 0 radical (unpaired) electrons. The van der Waals surface area contributed by atoms with Crippen molar-refractivity contribution in [3.63, 3.8) is 0 Å². The molecule has 0 saturated heterocycles. The fourth-order valence-corrected chi connectivity index (χ4v) is 1.68. The number of benzene rings is 1. The first-order valence-corrected chi connectivity index (χ1v) is 4.78. The van der Waals surface area contributed by atoms with Gasteiger partial charge in [0.2, 0.25) is 0 Å². The Bertz CT molecular complexity index is 499. The smallest absolute Gasteiger partial charge is 0.293 e. The molecule has 0 aliphatic carbocycles. The van der Waals surface area contributed by atoms with Crippen LogP contribution in [0.1, 0.15) is 5.56 Å². The SMILES string of the molecule is O=COCc1cc(Cl)nc2ccccc12. The number of halogens is 1. The second kappa shape index (κ2) is 4.28. The summed E-state index contributed by atoms with van der Waals surface area (Å²) >= 11 is 5.85. The van der Waals surface area contributed by atoms with Gasteiger partial charge >= 0.3 is 0 Å². The van der Waals surface area contributed by atoms with E-state index in [1.807, 2.05) is 24.3 Å². The van der Waals surface area contributed by atoms with E-state index in [-0.39, 0.29) is 6.61 Å². The predicted octanol–water partition coefficient (Wildman–Crippen LogP) is 2.56. The van der Waals surface area contributed by atoms with Crippen molar-refractivity contribution in [1.82, 2.24) is 4.98 Å². The maximum atomic E-state index is 10.1. The molecule has 0 amide bonds. The Morgan fingerprint density at radius 3 is 3.00 bits per heavy atom. The number of nitrogens with zero attached hydrogens (tertiary/aromatic N) is 1. The minimum Gasteiger partial charge on any atom is -0.463 e. The Kier molecular flexibility index (Phi) is 2.83. The molecule has 76 valence electrons. The predicted molar refractivity (Wildman–Crippen MR) is 57.6 cm³/mol. The van der Waals surface area contributed by atoms with Crippen LogP contribution in [0.15, 0.2) is 30.3 Å². The van der Waals surface area contributed by atoms with E-state index in [1.54, 1.807) is 6.07 Å². The molecule has 1 aromatic carbocycles. The monoisotopic (exact) mass is 221 g/mol. The van der Waals surface area contributed by atoms with Gasteiger partial charge in [0, 0.05) is 10.9 Å². The van der Waals surface area contributed by atoms with Gasteiger partial charge in [0.1, 0.15) is 11.8 Å². The molecule has 2 rings (SSSR count). The fourth-order valence-electron chi connectivity index (χ4n) is 1.45. The van der Waals surface area contributed by atoms with Crippen LogP contribution in [0.4, 0.5) is 0 Å². The van der Waals surface area contributed by atoms with Gasteiger partial charge in [0.05, 0.1) is 5.52 Å². The number of pyridine rings is 1. The molecule has 0 unspecified atom stereocenters. The van der Waals surface area contributed by atoms with E-state index in [4.69, 9.17) is 16.3 Å². The van der Waals surface area contributed by atoms with Crippen molar-refractivity contribution in [2.24, 2.45) is 0 Å². The summed E-state index contributed by atoms with van der Waals surface area (Å²) in [6, 6.07) is 9.28. The summed E-state index contributed by atoms with van der Waals surface area (Å²) in [5.74, 6) is 0. The maximum absolute atomic E-state index is 10.1. The highest BCUT2D eigenvalue weighted by Crippen LogP contribution is 2.21. The number of hydrogen-bond acceptors (Lipinski definition) is 3. The molecule has 2 aromatic rings. The molecular formula is C11H8ClNO2.